The SMILES string of the molecule is c1ccc(-c2cccc3sc4cc(N(c5ccccc5)c5cccc6c5[C@]5(CCc7cccc(N(c8ccccc8)c8ccccc8)c75)CC6)ccc4c23)cc1. The number of anilines is 6. The highest BCUT2D eigenvalue weighted by molar-refractivity contribution is 7.26. The third-order valence-corrected chi connectivity index (χ3v) is 13.3. The van der Waals surface area contributed by atoms with Crippen LogP contribution in [0.3, 0.4) is 0 Å². The van der Waals surface area contributed by atoms with Crippen molar-refractivity contribution >= 4 is 65.6 Å². The van der Waals surface area contributed by atoms with Gasteiger partial charge in [-0.2, -0.15) is 0 Å². The highest BCUT2D eigenvalue weighted by Gasteiger charge is 2.49. The van der Waals surface area contributed by atoms with E-state index in [2.05, 4.69) is 204 Å². The molecule has 2 aliphatic carbocycles. The lowest BCUT2D eigenvalue weighted by molar-refractivity contribution is 0.508. The predicted octanol–water partition coefficient (Wildman–Crippen LogP) is 14.8. The van der Waals surface area contributed by atoms with Gasteiger partial charge < -0.3 is 9.80 Å². The monoisotopic (exact) mass is 736 g/mol. The molecule has 2 nitrogen and oxygen atoms in total. The Morgan fingerprint density at radius 2 is 0.911 bits per heavy atom. The Morgan fingerprint density at radius 1 is 0.411 bits per heavy atom. The standard InChI is InChI=1S/C53H40N2S/c1-5-16-37(17-6-1)44-26-15-29-48-50(44)45-31-30-43(36-49(45)56-48)55(42-24-11-4-12-25-42)47-28-14-19-39-33-35-53(52(39)47)34-32-38-18-13-27-46(51(38)53)54(40-20-7-2-8-21-40)41-22-9-3-10-23-41/h1-31,36H,32-35H2/t53-/m1/s1. The van der Waals surface area contributed by atoms with E-state index in [1.54, 1.807) is 0 Å². The van der Waals surface area contributed by atoms with Gasteiger partial charge in [0.1, 0.15) is 0 Å². The molecule has 11 rings (SSSR count). The normalized spacial score (nSPS) is 15.6. The van der Waals surface area contributed by atoms with Crippen molar-refractivity contribution in [2.75, 3.05) is 9.80 Å². The summed E-state index contributed by atoms with van der Waals surface area (Å²) in [5.41, 5.74) is 15.6. The van der Waals surface area contributed by atoms with Crippen LogP contribution in [0.5, 0.6) is 0 Å². The number of hydrogen-bond donors (Lipinski definition) is 0. The van der Waals surface area contributed by atoms with E-state index in [9.17, 15) is 0 Å². The van der Waals surface area contributed by atoms with Gasteiger partial charge in [0.15, 0.2) is 0 Å². The topological polar surface area (TPSA) is 6.48 Å². The largest absolute Gasteiger partial charge is 0.310 e. The summed E-state index contributed by atoms with van der Waals surface area (Å²) in [4.78, 5) is 5.03. The number of para-hydroxylation sites is 3. The fourth-order valence-corrected chi connectivity index (χ4v) is 11.1. The van der Waals surface area contributed by atoms with Gasteiger partial charge in [-0.15, -0.1) is 11.3 Å². The predicted molar refractivity (Wildman–Crippen MR) is 238 cm³/mol. The number of nitrogens with zero attached hydrogens (tertiary/aromatic N) is 2. The molecule has 1 aromatic heterocycles. The highest BCUT2D eigenvalue weighted by atomic mass is 32.1. The molecule has 9 aromatic rings. The van der Waals surface area contributed by atoms with E-state index in [0.717, 1.165) is 25.7 Å². The van der Waals surface area contributed by atoms with E-state index >= 15 is 0 Å². The molecule has 268 valence electrons. The first-order valence-corrected chi connectivity index (χ1v) is 20.6. The van der Waals surface area contributed by atoms with Gasteiger partial charge in [-0.3, -0.25) is 0 Å². The number of rotatable bonds is 7. The molecule has 1 heterocycles. The highest BCUT2D eigenvalue weighted by Crippen LogP contribution is 2.60. The molecule has 0 unspecified atom stereocenters. The van der Waals surface area contributed by atoms with Crippen LogP contribution < -0.4 is 9.80 Å². The summed E-state index contributed by atoms with van der Waals surface area (Å²) in [5, 5.41) is 2.65. The van der Waals surface area contributed by atoms with Crippen molar-refractivity contribution in [3.05, 3.63) is 216 Å². The Hall–Kier alpha value is -6.42. The summed E-state index contributed by atoms with van der Waals surface area (Å²) < 4.78 is 2.62. The molecule has 0 bridgehead atoms. The van der Waals surface area contributed by atoms with E-state index in [1.807, 2.05) is 11.3 Å². The van der Waals surface area contributed by atoms with E-state index in [0.29, 0.717) is 0 Å². The van der Waals surface area contributed by atoms with Gasteiger partial charge in [0, 0.05) is 48.3 Å². The van der Waals surface area contributed by atoms with Gasteiger partial charge in [0.05, 0.1) is 11.4 Å². The first kappa shape index (κ1) is 33.0. The molecule has 3 heteroatoms. The zero-order chi connectivity index (χ0) is 37.1. The smallest absolute Gasteiger partial charge is 0.0505 e. The third-order valence-electron chi connectivity index (χ3n) is 12.2. The van der Waals surface area contributed by atoms with Gasteiger partial charge in [-0.05, 0) is 126 Å². The fraction of sp³-hybridized carbons (Fsp3) is 0.0943. The number of aryl methyl sites for hydroxylation is 2. The maximum atomic E-state index is 2.54. The number of thiophene rings is 1. The van der Waals surface area contributed by atoms with E-state index in [-0.39, 0.29) is 5.41 Å². The molecule has 0 aliphatic heterocycles. The van der Waals surface area contributed by atoms with Crippen molar-refractivity contribution in [2.45, 2.75) is 31.1 Å². The lowest BCUT2D eigenvalue weighted by Crippen LogP contribution is -2.27. The molecule has 8 aromatic carbocycles. The van der Waals surface area contributed by atoms with Gasteiger partial charge in [-0.25, -0.2) is 0 Å². The molecule has 0 fully saturated rings. The van der Waals surface area contributed by atoms with Crippen LogP contribution in [0.2, 0.25) is 0 Å². The Labute approximate surface area is 332 Å². The average molecular weight is 737 g/mol. The zero-order valence-electron chi connectivity index (χ0n) is 31.1. The molecule has 0 radical (unpaired) electrons. The molecule has 0 N–H and O–H groups in total. The van der Waals surface area contributed by atoms with Crippen LogP contribution >= 0.6 is 11.3 Å². The van der Waals surface area contributed by atoms with Gasteiger partial charge in [0.25, 0.3) is 0 Å². The van der Waals surface area contributed by atoms with Crippen molar-refractivity contribution in [1.82, 2.24) is 0 Å². The minimum absolute atomic E-state index is 0.126. The summed E-state index contributed by atoms with van der Waals surface area (Å²) in [6.45, 7) is 0. The van der Waals surface area contributed by atoms with Crippen molar-refractivity contribution in [1.29, 1.82) is 0 Å². The Balaban J connectivity index is 1.11. The number of hydrogen-bond acceptors (Lipinski definition) is 3. The molecule has 56 heavy (non-hydrogen) atoms. The van der Waals surface area contributed by atoms with Crippen LogP contribution in [0.4, 0.5) is 34.1 Å². The second-order valence-corrected chi connectivity index (χ2v) is 16.3. The molecule has 0 amide bonds. The summed E-state index contributed by atoms with van der Waals surface area (Å²) in [7, 11) is 0. The summed E-state index contributed by atoms with van der Waals surface area (Å²) in [6.07, 6.45) is 4.33. The molecular weight excluding hydrogens is 697 g/mol. The molecule has 0 saturated heterocycles. The van der Waals surface area contributed by atoms with Gasteiger partial charge >= 0.3 is 0 Å². The van der Waals surface area contributed by atoms with E-state index in [1.165, 1.54) is 87.7 Å². The maximum Gasteiger partial charge on any atom is 0.0505 e. The van der Waals surface area contributed by atoms with Crippen LogP contribution in [0, 0.1) is 0 Å². The van der Waals surface area contributed by atoms with E-state index in [4.69, 9.17) is 0 Å². The maximum absolute atomic E-state index is 2.54. The van der Waals surface area contributed by atoms with Crippen molar-refractivity contribution in [3.8, 4) is 11.1 Å². The minimum atomic E-state index is -0.126. The second-order valence-electron chi connectivity index (χ2n) is 15.2. The van der Waals surface area contributed by atoms with Gasteiger partial charge in [0.2, 0.25) is 0 Å². The Kier molecular flexibility index (Phi) is 7.89. The van der Waals surface area contributed by atoms with Crippen molar-refractivity contribution < 1.29 is 0 Å². The number of fused-ring (bicyclic) bond motifs is 7. The number of benzene rings is 8. The van der Waals surface area contributed by atoms with E-state index < -0.39 is 0 Å². The van der Waals surface area contributed by atoms with Crippen molar-refractivity contribution in [3.63, 3.8) is 0 Å². The van der Waals surface area contributed by atoms with Crippen molar-refractivity contribution in [2.24, 2.45) is 0 Å². The molecule has 1 atom stereocenters. The first-order valence-electron chi connectivity index (χ1n) is 19.8. The summed E-state index contributed by atoms with van der Waals surface area (Å²) in [5.74, 6) is 0. The Bertz CT molecular complexity index is 2820. The van der Waals surface area contributed by atoms with Crippen LogP contribution in [-0.4, -0.2) is 0 Å². The van der Waals surface area contributed by atoms with Crippen LogP contribution in [0.1, 0.15) is 35.1 Å². The lowest BCUT2D eigenvalue weighted by atomic mass is 9.74. The van der Waals surface area contributed by atoms with Crippen LogP contribution in [0.25, 0.3) is 31.3 Å². The Morgan fingerprint density at radius 3 is 1.46 bits per heavy atom. The summed E-state index contributed by atoms with van der Waals surface area (Å²) in [6, 6.07) is 71.6. The zero-order valence-corrected chi connectivity index (χ0v) is 31.9. The second kappa shape index (κ2) is 13.4. The summed E-state index contributed by atoms with van der Waals surface area (Å²) >= 11 is 1.90. The quantitative estimate of drug-likeness (QED) is 0.161. The first-order chi connectivity index (χ1) is 27.8. The molecule has 0 saturated carbocycles. The fourth-order valence-electron chi connectivity index (χ4n) is 9.91. The van der Waals surface area contributed by atoms with Gasteiger partial charge in [-0.1, -0.05) is 127 Å². The van der Waals surface area contributed by atoms with Crippen LogP contribution in [0.15, 0.2) is 194 Å². The minimum Gasteiger partial charge on any atom is -0.310 e. The molecule has 1 spiro atoms. The molecule has 2 aliphatic rings. The molecular formula is C53H40N2S. The third kappa shape index (κ3) is 5.22. The van der Waals surface area contributed by atoms with Crippen LogP contribution in [-0.2, 0) is 18.3 Å². The average Bonchev–Trinajstić information content (AvgIpc) is 3.96. The lowest BCUT2D eigenvalue weighted by Gasteiger charge is -2.37.